The summed E-state index contributed by atoms with van der Waals surface area (Å²) >= 11 is 1.90. The van der Waals surface area contributed by atoms with Gasteiger partial charge in [-0.15, -0.1) is 11.3 Å². The van der Waals surface area contributed by atoms with Crippen molar-refractivity contribution in [3.05, 3.63) is 21.9 Å². The summed E-state index contributed by atoms with van der Waals surface area (Å²) in [5.41, 5.74) is 1.60. The molecule has 0 amide bonds. The predicted molar refractivity (Wildman–Crippen MR) is 77.0 cm³/mol. The van der Waals surface area contributed by atoms with Gasteiger partial charge in [0.05, 0.1) is 0 Å². The molecule has 1 fully saturated rings. The van der Waals surface area contributed by atoms with Crippen LogP contribution in [0, 0.1) is 6.92 Å². The smallest absolute Gasteiger partial charge is 0.00728 e. The van der Waals surface area contributed by atoms with Gasteiger partial charge in [0.25, 0.3) is 0 Å². The Hall–Kier alpha value is -0.340. The van der Waals surface area contributed by atoms with E-state index in [2.05, 4.69) is 30.6 Å². The van der Waals surface area contributed by atoms with Gasteiger partial charge in [0, 0.05) is 10.9 Å². The lowest BCUT2D eigenvalue weighted by Crippen LogP contribution is -2.30. The highest BCUT2D eigenvalue weighted by Crippen LogP contribution is 2.33. The molecule has 1 nitrogen and oxygen atoms in total. The number of nitrogens with one attached hydrogen (secondary N) is 1. The van der Waals surface area contributed by atoms with Crippen LogP contribution in [0.5, 0.6) is 0 Å². The monoisotopic (exact) mass is 251 g/mol. The van der Waals surface area contributed by atoms with Crippen molar-refractivity contribution in [3.63, 3.8) is 0 Å². The van der Waals surface area contributed by atoms with Gasteiger partial charge in [-0.25, -0.2) is 0 Å². The van der Waals surface area contributed by atoms with E-state index in [0.717, 1.165) is 12.0 Å². The second-order valence-electron chi connectivity index (χ2n) is 5.36. The Morgan fingerprint density at radius 1 is 1.35 bits per heavy atom. The summed E-state index contributed by atoms with van der Waals surface area (Å²) in [5, 5.41) is 6.10. The quantitative estimate of drug-likeness (QED) is 0.778. The molecule has 0 bridgehead atoms. The molecule has 1 aliphatic rings. The molecule has 0 aromatic carbocycles. The second kappa shape index (κ2) is 6.55. The zero-order chi connectivity index (χ0) is 12.1. The molecule has 1 heterocycles. The number of rotatable bonds is 4. The van der Waals surface area contributed by atoms with Gasteiger partial charge in [0.1, 0.15) is 0 Å². The molecule has 2 atom stereocenters. The first-order valence-corrected chi connectivity index (χ1v) is 7.96. The van der Waals surface area contributed by atoms with E-state index in [4.69, 9.17) is 0 Å². The van der Waals surface area contributed by atoms with Crippen molar-refractivity contribution in [2.24, 2.45) is 0 Å². The normalized spacial score (nSPS) is 25.8. The second-order valence-corrected chi connectivity index (χ2v) is 6.47. The highest BCUT2D eigenvalue weighted by atomic mass is 32.1. The molecule has 2 heteroatoms. The summed E-state index contributed by atoms with van der Waals surface area (Å²) in [6.45, 7) is 5.65. The minimum Gasteiger partial charge on any atom is -0.314 e. The van der Waals surface area contributed by atoms with Crippen LogP contribution in [-0.2, 0) is 0 Å². The van der Waals surface area contributed by atoms with Crippen molar-refractivity contribution < 1.29 is 0 Å². The van der Waals surface area contributed by atoms with Gasteiger partial charge in [-0.05, 0) is 62.1 Å². The topological polar surface area (TPSA) is 12.0 Å². The molecule has 2 unspecified atom stereocenters. The summed E-state index contributed by atoms with van der Waals surface area (Å²) in [4.78, 5) is 1.46. The first-order valence-electron chi connectivity index (χ1n) is 7.08. The van der Waals surface area contributed by atoms with Crippen molar-refractivity contribution >= 4 is 11.3 Å². The van der Waals surface area contributed by atoms with E-state index in [1.165, 1.54) is 49.9 Å². The summed E-state index contributed by atoms with van der Waals surface area (Å²) in [5.74, 6) is 0.803. The van der Waals surface area contributed by atoms with E-state index in [0.29, 0.717) is 0 Å². The van der Waals surface area contributed by atoms with Crippen LogP contribution >= 0.6 is 11.3 Å². The minimum atomic E-state index is 0.752. The van der Waals surface area contributed by atoms with E-state index in [1.807, 2.05) is 11.3 Å². The first-order chi connectivity index (χ1) is 8.29. The van der Waals surface area contributed by atoms with Crippen molar-refractivity contribution in [2.75, 3.05) is 6.54 Å². The molecule has 1 saturated carbocycles. The summed E-state index contributed by atoms with van der Waals surface area (Å²) < 4.78 is 0. The third kappa shape index (κ3) is 3.82. The third-order valence-electron chi connectivity index (χ3n) is 3.83. The summed E-state index contributed by atoms with van der Waals surface area (Å²) in [6.07, 6.45) is 8.17. The molecule has 1 aliphatic carbocycles. The van der Waals surface area contributed by atoms with Crippen molar-refractivity contribution in [1.29, 1.82) is 0 Å². The fourth-order valence-electron chi connectivity index (χ4n) is 2.88. The molecule has 17 heavy (non-hydrogen) atoms. The zero-order valence-electron chi connectivity index (χ0n) is 11.2. The van der Waals surface area contributed by atoms with E-state index in [9.17, 15) is 0 Å². The van der Waals surface area contributed by atoms with Gasteiger partial charge in [0.15, 0.2) is 0 Å². The Bertz CT molecular complexity index is 331. The van der Waals surface area contributed by atoms with Crippen molar-refractivity contribution in [2.45, 2.75) is 64.3 Å². The number of hydrogen-bond donors (Lipinski definition) is 1. The maximum absolute atomic E-state index is 3.72. The van der Waals surface area contributed by atoms with Crippen LogP contribution in [0.25, 0.3) is 0 Å². The van der Waals surface area contributed by atoms with Gasteiger partial charge in [0.2, 0.25) is 0 Å². The first kappa shape index (κ1) is 13.1. The number of thiophene rings is 1. The number of aryl methyl sites for hydroxylation is 1. The number of hydrogen-bond acceptors (Lipinski definition) is 2. The fourth-order valence-corrected chi connectivity index (χ4v) is 3.66. The molecule has 96 valence electrons. The van der Waals surface area contributed by atoms with Crippen LogP contribution in [0.4, 0.5) is 0 Å². The highest BCUT2D eigenvalue weighted by Gasteiger charge is 2.21. The Kier molecular flexibility index (Phi) is 5.05. The standard InChI is InChI=1S/C15H25NS/c1-3-8-16-15-7-5-4-6-13(10-15)14-9-12(2)17-11-14/h9,11,13,15-16H,3-8,10H2,1-2H3. The van der Waals surface area contributed by atoms with Crippen LogP contribution in [0.15, 0.2) is 11.4 Å². The van der Waals surface area contributed by atoms with Gasteiger partial charge < -0.3 is 5.32 Å². The largest absolute Gasteiger partial charge is 0.314 e. The molecule has 2 rings (SSSR count). The molecular formula is C15H25NS. The fraction of sp³-hybridized carbons (Fsp3) is 0.733. The molecule has 1 aromatic rings. The molecule has 0 saturated heterocycles. The molecule has 0 radical (unpaired) electrons. The lowest BCUT2D eigenvalue weighted by atomic mass is 9.92. The molecule has 0 aliphatic heterocycles. The lowest BCUT2D eigenvalue weighted by molar-refractivity contribution is 0.440. The molecular weight excluding hydrogens is 226 g/mol. The maximum Gasteiger partial charge on any atom is 0.00728 e. The van der Waals surface area contributed by atoms with Crippen LogP contribution in [-0.4, -0.2) is 12.6 Å². The Morgan fingerprint density at radius 3 is 2.88 bits per heavy atom. The Labute approximate surface area is 110 Å². The van der Waals surface area contributed by atoms with Gasteiger partial charge in [-0.1, -0.05) is 19.8 Å². The van der Waals surface area contributed by atoms with Crippen LogP contribution in [0.2, 0.25) is 0 Å². The van der Waals surface area contributed by atoms with Crippen LogP contribution < -0.4 is 5.32 Å². The zero-order valence-corrected chi connectivity index (χ0v) is 12.0. The average molecular weight is 251 g/mol. The van der Waals surface area contributed by atoms with E-state index < -0.39 is 0 Å². The predicted octanol–water partition coefficient (Wildman–Crippen LogP) is 4.47. The lowest BCUT2D eigenvalue weighted by Gasteiger charge is -2.20. The van der Waals surface area contributed by atoms with Crippen molar-refractivity contribution in [1.82, 2.24) is 5.32 Å². The molecule has 1 aromatic heterocycles. The van der Waals surface area contributed by atoms with E-state index in [1.54, 1.807) is 5.56 Å². The van der Waals surface area contributed by atoms with Gasteiger partial charge >= 0.3 is 0 Å². The van der Waals surface area contributed by atoms with E-state index in [-0.39, 0.29) is 0 Å². The molecule has 0 spiro atoms. The maximum atomic E-state index is 3.72. The van der Waals surface area contributed by atoms with Crippen LogP contribution in [0.3, 0.4) is 0 Å². The Morgan fingerprint density at radius 2 is 2.18 bits per heavy atom. The average Bonchev–Trinajstić information content (AvgIpc) is 2.63. The highest BCUT2D eigenvalue weighted by molar-refractivity contribution is 7.10. The SMILES string of the molecule is CCCNC1CCCCC(c2csc(C)c2)C1. The van der Waals surface area contributed by atoms with Crippen LogP contribution in [0.1, 0.15) is 61.8 Å². The molecule has 1 N–H and O–H groups in total. The van der Waals surface area contributed by atoms with Gasteiger partial charge in [-0.2, -0.15) is 0 Å². The summed E-state index contributed by atoms with van der Waals surface area (Å²) in [7, 11) is 0. The van der Waals surface area contributed by atoms with E-state index >= 15 is 0 Å². The van der Waals surface area contributed by atoms with Crippen molar-refractivity contribution in [3.8, 4) is 0 Å². The third-order valence-corrected chi connectivity index (χ3v) is 4.71. The Balaban J connectivity index is 1.96. The van der Waals surface area contributed by atoms with Gasteiger partial charge in [-0.3, -0.25) is 0 Å². The summed E-state index contributed by atoms with van der Waals surface area (Å²) in [6, 6.07) is 3.15. The minimum absolute atomic E-state index is 0.752.